The van der Waals surface area contributed by atoms with Crippen molar-refractivity contribution in [3.63, 3.8) is 0 Å². The molecule has 0 aliphatic carbocycles. The molecule has 0 unspecified atom stereocenters. The minimum Gasteiger partial charge on any atom is -0.110 e. The molecule has 1 fully saturated rings. The molecular weight excluding hydrogens is 115 g/mol. The Bertz CT molecular complexity index is 52.8. The van der Waals surface area contributed by atoms with Gasteiger partial charge in [-0.3, -0.25) is 0 Å². The first kappa shape index (κ1) is 6.55. The summed E-state index contributed by atoms with van der Waals surface area (Å²) in [5.74, 6) is 1.04. The van der Waals surface area contributed by atoms with Crippen LogP contribution in [0.15, 0.2) is 0 Å². The first-order chi connectivity index (χ1) is 3.79. The van der Waals surface area contributed by atoms with Gasteiger partial charge in [-0.15, -0.1) is 7.92 Å². The lowest BCUT2D eigenvalue weighted by atomic mass is 10.1. The molecule has 0 spiro atoms. The van der Waals surface area contributed by atoms with Crippen LogP contribution in [-0.2, 0) is 0 Å². The van der Waals surface area contributed by atoms with Crippen molar-refractivity contribution >= 4 is 7.92 Å². The summed E-state index contributed by atoms with van der Waals surface area (Å²) in [6.07, 6.45) is 6.08. The second kappa shape index (κ2) is 2.82. The Morgan fingerprint density at radius 2 is 1.75 bits per heavy atom. The van der Waals surface area contributed by atoms with Crippen molar-refractivity contribution in [2.75, 3.05) is 19.0 Å². The van der Waals surface area contributed by atoms with Crippen molar-refractivity contribution < 1.29 is 0 Å². The Balaban J connectivity index is 2.19. The molecule has 1 heterocycles. The largest absolute Gasteiger partial charge is 0.110 e. The van der Waals surface area contributed by atoms with Crippen LogP contribution in [-0.4, -0.2) is 19.0 Å². The van der Waals surface area contributed by atoms with Crippen LogP contribution >= 0.6 is 7.92 Å². The summed E-state index contributed by atoms with van der Waals surface area (Å²) in [6, 6.07) is 0. The van der Waals surface area contributed by atoms with E-state index >= 15 is 0 Å². The fraction of sp³-hybridized carbons (Fsp3) is 1.00. The molecule has 48 valence electrons. The summed E-state index contributed by atoms with van der Waals surface area (Å²) < 4.78 is 0. The van der Waals surface area contributed by atoms with E-state index in [1.807, 2.05) is 0 Å². The standard InChI is InChI=1S/C7H15P/c1-7-3-5-8(2)6-4-7/h7H,3-6H2,1-2H3. The molecule has 0 nitrogen and oxygen atoms in total. The summed E-state index contributed by atoms with van der Waals surface area (Å²) in [7, 11) is 0.482. The van der Waals surface area contributed by atoms with Crippen molar-refractivity contribution in [2.24, 2.45) is 5.92 Å². The van der Waals surface area contributed by atoms with Crippen molar-refractivity contribution in [3.05, 3.63) is 0 Å². The Kier molecular flexibility index (Phi) is 2.31. The van der Waals surface area contributed by atoms with Gasteiger partial charge < -0.3 is 0 Å². The predicted octanol–water partition coefficient (Wildman–Crippen LogP) is 2.53. The molecule has 0 bridgehead atoms. The van der Waals surface area contributed by atoms with Gasteiger partial charge in [0.15, 0.2) is 0 Å². The molecule has 1 aliphatic heterocycles. The van der Waals surface area contributed by atoms with E-state index in [1.54, 1.807) is 0 Å². The fourth-order valence-electron chi connectivity index (χ4n) is 1.14. The van der Waals surface area contributed by atoms with Gasteiger partial charge in [-0.2, -0.15) is 0 Å². The van der Waals surface area contributed by atoms with Crippen molar-refractivity contribution in [1.82, 2.24) is 0 Å². The molecule has 1 saturated heterocycles. The third-order valence-corrected chi connectivity index (χ3v) is 4.05. The Labute approximate surface area is 53.4 Å². The zero-order valence-electron chi connectivity index (χ0n) is 5.85. The molecule has 0 aromatic heterocycles. The maximum Gasteiger partial charge on any atom is -0.0326 e. The third-order valence-electron chi connectivity index (χ3n) is 2.01. The molecule has 0 N–H and O–H groups in total. The van der Waals surface area contributed by atoms with E-state index in [0.717, 1.165) is 5.92 Å². The van der Waals surface area contributed by atoms with Gasteiger partial charge in [-0.05, 0) is 37.7 Å². The number of hydrogen-bond acceptors (Lipinski definition) is 0. The van der Waals surface area contributed by atoms with Gasteiger partial charge in [-0.25, -0.2) is 0 Å². The summed E-state index contributed by atoms with van der Waals surface area (Å²) in [6.45, 7) is 4.81. The van der Waals surface area contributed by atoms with Crippen molar-refractivity contribution in [1.29, 1.82) is 0 Å². The van der Waals surface area contributed by atoms with Crippen LogP contribution in [0.5, 0.6) is 0 Å². The number of rotatable bonds is 0. The first-order valence-electron chi connectivity index (χ1n) is 3.47. The normalized spacial score (nSPS) is 39.8. The average Bonchev–Trinajstić information content (AvgIpc) is 1.77. The fourth-order valence-corrected chi connectivity index (χ4v) is 3.12. The summed E-state index contributed by atoms with van der Waals surface area (Å²) in [5, 5.41) is 0. The Morgan fingerprint density at radius 1 is 1.25 bits per heavy atom. The lowest BCUT2D eigenvalue weighted by molar-refractivity contribution is 0.535. The molecule has 1 rings (SSSR count). The summed E-state index contributed by atoms with van der Waals surface area (Å²) >= 11 is 0. The molecule has 1 heteroatoms. The molecule has 0 atom stereocenters. The zero-order chi connectivity index (χ0) is 5.98. The maximum atomic E-state index is 2.43. The first-order valence-corrected chi connectivity index (χ1v) is 5.63. The highest BCUT2D eigenvalue weighted by Gasteiger charge is 2.12. The molecular formula is C7H15P. The van der Waals surface area contributed by atoms with E-state index in [-0.39, 0.29) is 0 Å². The van der Waals surface area contributed by atoms with Crippen LogP contribution in [0.2, 0.25) is 0 Å². The minimum absolute atomic E-state index is 0.482. The van der Waals surface area contributed by atoms with Crippen LogP contribution < -0.4 is 0 Å². The van der Waals surface area contributed by atoms with E-state index in [0.29, 0.717) is 7.92 Å². The predicted molar refractivity (Wildman–Crippen MR) is 41.0 cm³/mol. The Morgan fingerprint density at radius 3 is 2.12 bits per heavy atom. The van der Waals surface area contributed by atoms with Gasteiger partial charge in [-0.1, -0.05) is 6.92 Å². The Hall–Kier alpha value is 0.430. The summed E-state index contributed by atoms with van der Waals surface area (Å²) in [4.78, 5) is 0. The van der Waals surface area contributed by atoms with Gasteiger partial charge in [0.2, 0.25) is 0 Å². The molecule has 8 heavy (non-hydrogen) atoms. The number of hydrogen-bond donors (Lipinski definition) is 0. The van der Waals surface area contributed by atoms with Gasteiger partial charge in [0.05, 0.1) is 0 Å². The van der Waals surface area contributed by atoms with E-state index in [4.69, 9.17) is 0 Å². The van der Waals surface area contributed by atoms with E-state index < -0.39 is 0 Å². The smallest absolute Gasteiger partial charge is 0.0326 e. The van der Waals surface area contributed by atoms with E-state index in [9.17, 15) is 0 Å². The van der Waals surface area contributed by atoms with Gasteiger partial charge in [0.25, 0.3) is 0 Å². The molecule has 0 aromatic rings. The van der Waals surface area contributed by atoms with Crippen LogP contribution in [0.25, 0.3) is 0 Å². The highest BCUT2D eigenvalue weighted by molar-refractivity contribution is 7.56. The minimum atomic E-state index is 0.482. The van der Waals surface area contributed by atoms with Gasteiger partial charge in [0.1, 0.15) is 0 Å². The third kappa shape index (κ3) is 1.74. The average molecular weight is 130 g/mol. The van der Waals surface area contributed by atoms with Crippen molar-refractivity contribution in [2.45, 2.75) is 19.8 Å². The van der Waals surface area contributed by atoms with Gasteiger partial charge >= 0.3 is 0 Å². The van der Waals surface area contributed by atoms with E-state index in [1.165, 1.54) is 25.2 Å². The maximum absolute atomic E-state index is 2.43. The van der Waals surface area contributed by atoms with Crippen LogP contribution in [0.4, 0.5) is 0 Å². The van der Waals surface area contributed by atoms with Crippen LogP contribution in [0, 0.1) is 5.92 Å². The highest BCUT2D eigenvalue weighted by Crippen LogP contribution is 2.39. The monoisotopic (exact) mass is 130 g/mol. The van der Waals surface area contributed by atoms with Crippen LogP contribution in [0.1, 0.15) is 19.8 Å². The topological polar surface area (TPSA) is 0 Å². The molecule has 0 saturated carbocycles. The second-order valence-electron chi connectivity index (χ2n) is 2.99. The highest BCUT2D eigenvalue weighted by atomic mass is 31.1. The molecule has 0 aromatic carbocycles. The van der Waals surface area contributed by atoms with Crippen molar-refractivity contribution in [3.8, 4) is 0 Å². The summed E-state index contributed by atoms with van der Waals surface area (Å²) in [5.41, 5.74) is 0. The molecule has 0 amide bonds. The molecule has 0 radical (unpaired) electrons. The van der Waals surface area contributed by atoms with E-state index in [2.05, 4.69) is 13.6 Å². The lowest BCUT2D eigenvalue weighted by Gasteiger charge is -2.22. The van der Waals surface area contributed by atoms with Crippen LogP contribution in [0.3, 0.4) is 0 Å². The lowest BCUT2D eigenvalue weighted by Crippen LogP contribution is -2.07. The van der Waals surface area contributed by atoms with Gasteiger partial charge in [0, 0.05) is 0 Å². The SMILES string of the molecule is CC1CCP(C)CC1. The quantitative estimate of drug-likeness (QED) is 0.442. The zero-order valence-corrected chi connectivity index (χ0v) is 6.75. The molecule has 1 aliphatic rings. The second-order valence-corrected chi connectivity index (χ2v) is 5.59.